The molecule has 3 N–H and O–H groups in total. The van der Waals surface area contributed by atoms with Gasteiger partial charge in [-0.15, -0.1) is 0 Å². The molecule has 10 heteroatoms. The Bertz CT molecular complexity index is 1380. The van der Waals surface area contributed by atoms with Crippen LogP contribution in [0.25, 0.3) is 22.0 Å². The van der Waals surface area contributed by atoms with Crippen molar-refractivity contribution in [2.24, 2.45) is 0 Å². The van der Waals surface area contributed by atoms with E-state index in [2.05, 4.69) is 15.6 Å². The highest BCUT2D eigenvalue weighted by molar-refractivity contribution is 5.90. The van der Waals surface area contributed by atoms with E-state index in [1.165, 1.54) is 24.3 Å². The molecule has 2 saturated heterocycles. The topological polar surface area (TPSA) is 100 Å². The maximum atomic E-state index is 13.5. The molecule has 3 heterocycles. The highest BCUT2D eigenvalue weighted by atomic mass is 19.4. The number of ether oxygens (including phenoxy) is 1. The van der Waals surface area contributed by atoms with Crippen LogP contribution in [-0.4, -0.2) is 42.1 Å². The molecule has 36 heavy (non-hydrogen) atoms. The number of alkyl halides is 3. The third-order valence-corrected chi connectivity index (χ3v) is 6.75. The van der Waals surface area contributed by atoms with Crippen molar-refractivity contribution < 1.29 is 27.5 Å². The van der Waals surface area contributed by atoms with Gasteiger partial charge in [-0.25, -0.2) is 0 Å². The Hall–Kier alpha value is -3.66. The van der Waals surface area contributed by atoms with Crippen molar-refractivity contribution >= 4 is 22.6 Å². The number of aromatic nitrogens is 1. The van der Waals surface area contributed by atoms with Crippen LogP contribution >= 0.6 is 0 Å². The van der Waals surface area contributed by atoms with Crippen molar-refractivity contribution in [2.75, 3.05) is 13.2 Å². The Balaban J connectivity index is 1.36. The summed E-state index contributed by atoms with van der Waals surface area (Å²) in [4.78, 5) is 40.2. The van der Waals surface area contributed by atoms with Gasteiger partial charge in [-0.05, 0) is 55.0 Å². The molecule has 1 unspecified atom stereocenters. The quantitative estimate of drug-likeness (QED) is 0.467. The van der Waals surface area contributed by atoms with E-state index in [4.69, 9.17) is 4.74 Å². The Morgan fingerprint density at radius 3 is 2.64 bits per heavy atom. The molecule has 1 amide bonds. The molecule has 0 radical (unpaired) electrons. The van der Waals surface area contributed by atoms with Crippen molar-refractivity contribution in [1.82, 2.24) is 15.6 Å². The molecule has 0 aliphatic carbocycles. The Morgan fingerprint density at radius 1 is 1.08 bits per heavy atom. The van der Waals surface area contributed by atoms with Gasteiger partial charge in [0, 0.05) is 16.6 Å². The summed E-state index contributed by atoms with van der Waals surface area (Å²) in [5.74, 6) is -1.10. The van der Waals surface area contributed by atoms with Crippen LogP contribution in [0.1, 0.15) is 36.3 Å². The fourth-order valence-electron chi connectivity index (χ4n) is 4.92. The number of hydrogen-bond donors (Lipinski definition) is 3. The molecule has 2 fully saturated rings. The smallest absolute Gasteiger partial charge is 0.417 e. The Labute approximate surface area is 204 Å². The second-order valence-corrected chi connectivity index (χ2v) is 9.17. The second-order valence-electron chi connectivity index (χ2n) is 9.17. The molecular weight excluding hydrogens is 475 g/mol. The number of H-pyrrole nitrogens is 1. The van der Waals surface area contributed by atoms with E-state index in [9.17, 15) is 27.6 Å². The molecule has 5 rings (SSSR count). The standard InChI is InChI=1S/C26H24F3N3O4/c27-26(28,29)20-5-2-1-4-17(20)22-11-15-8-7-14(10-18(15)24(34)32-22)19-12-16(31-23(19)33)13-36-25(35)21-6-3-9-30-21/h1-2,4-5,7-8,10-11,16,19,21,30H,3,6,9,12-13H2,(H,31,33)(H,32,34)/t16?,19-,21+/m1/s1. The van der Waals surface area contributed by atoms with Gasteiger partial charge in [-0.2, -0.15) is 13.2 Å². The number of aromatic amines is 1. The number of pyridine rings is 1. The zero-order chi connectivity index (χ0) is 25.4. The second kappa shape index (κ2) is 9.42. The summed E-state index contributed by atoms with van der Waals surface area (Å²) < 4.78 is 45.7. The molecule has 0 spiro atoms. The zero-order valence-electron chi connectivity index (χ0n) is 19.2. The third kappa shape index (κ3) is 4.73. The minimum Gasteiger partial charge on any atom is -0.462 e. The lowest BCUT2D eigenvalue weighted by molar-refractivity contribution is -0.146. The monoisotopic (exact) mass is 499 g/mol. The first-order valence-corrected chi connectivity index (χ1v) is 11.7. The molecule has 3 aromatic rings. The number of nitrogens with one attached hydrogen (secondary N) is 3. The first kappa shape index (κ1) is 24.1. The third-order valence-electron chi connectivity index (χ3n) is 6.75. The number of carbonyl (C=O) groups is 2. The molecule has 3 atom stereocenters. The predicted molar refractivity (Wildman–Crippen MR) is 126 cm³/mol. The van der Waals surface area contributed by atoms with E-state index in [1.54, 1.807) is 18.2 Å². The lowest BCUT2D eigenvalue weighted by atomic mass is 9.93. The number of esters is 1. The number of hydrogen-bond acceptors (Lipinski definition) is 5. The number of benzene rings is 2. The average molecular weight is 499 g/mol. The van der Waals surface area contributed by atoms with Gasteiger partial charge in [0.15, 0.2) is 0 Å². The molecule has 0 bridgehead atoms. The largest absolute Gasteiger partial charge is 0.462 e. The number of rotatable bonds is 5. The van der Waals surface area contributed by atoms with Crippen molar-refractivity contribution in [1.29, 1.82) is 0 Å². The van der Waals surface area contributed by atoms with Gasteiger partial charge < -0.3 is 20.4 Å². The van der Waals surface area contributed by atoms with Crippen LogP contribution in [-0.2, 0) is 20.5 Å². The van der Waals surface area contributed by atoms with Gasteiger partial charge in [0.1, 0.15) is 12.6 Å². The number of carbonyl (C=O) groups excluding carboxylic acids is 2. The van der Waals surface area contributed by atoms with E-state index in [1.807, 2.05) is 0 Å². The van der Waals surface area contributed by atoms with E-state index >= 15 is 0 Å². The normalized spacial score (nSPS) is 22.1. The van der Waals surface area contributed by atoms with Crippen molar-refractivity contribution in [3.05, 3.63) is 70.0 Å². The molecule has 2 aliphatic heterocycles. The van der Waals surface area contributed by atoms with Crippen molar-refractivity contribution in [3.63, 3.8) is 0 Å². The summed E-state index contributed by atoms with van der Waals surface area (Å²) in [6.07, 6.45) is -2.53. The van der Waals surface area contributed by atoms with Gasteiger partial charge in [-0.3, -0.25) is 14.4 Å². The maximum Gasteiger partial charge on any atom is 0.417 e. The van der Waals surface area contributed by atoms with Crippen LogP contribution in [0.4, 0.5) is 13.2 Å². The number of fused-ring (bicyclic) bond motifs is 1. The zero-order valence-corrected chi connectivity index (χ0v) is 19.2. The van der Waals surface area contributed by atoms with Crippen LogP contribution in [0, 0.1) is 0 Å². The lowest BCUT2D eigenvalue weighted by Crippen LogP contribution is -2.36. The number of amides is 1. The molecule has 1 aromatic heterocycles. The maximum absolute atomic E-state index is 13.5. The predicted octanol–water partition coefficient (Wildman–Crippen LogP) is 3.48. The highest BCUT2D eigenvalue weighted by Gasteiger charge is 2.35. The molecule has 7 nitrogen and oxygen atoms in total. The van der Waals surface area contributed by atoms with Gasteiger partial charge in [-0.1, -0.05) is 30.3 Å². The van der Waals surface area contributed by atoms with Crippen LogP contribution in [0.5, 0.6) is 0 Å². The summed E-state index contributed by atoms with van der Waals surface area (Å²) in [6, 6.07) is 10.8. The molecular formula is C26H24F3N3O4. The van der Waals surface area contributed by atoms with E-state index in [0.29, 0.717) is 17.4 Å². The first-order valence-electron chi connectivity index (χ1n) is 11.7. The average Bonchev–Trinajstić information content (AvgIpc) is 3.52. The van der Waals surface area contributed by atoms with Gasteiger partial charge >= 0.3 is 12.1 Å². The fourth-order valence-corrected chi connectivity index (χ4v) is 4.92. The van der Waals surface area contributed by atoms with E-state index in [0.717, 1.165) is 25.5 Å². The first-order chi connectivity index (χ1) is 17.2. The summed E-state index contributed by atoms with van der Waals surface area (Å²) in [7, 11) is 0. The van der Waals surface area contributed by atoms with Gasteiger partial charge in [0.25, 0.3) is 5.56 Å². The minimum absolute atomic E-state index is 0.0606. The summed E-state index contributed by atoms with van der Waals surface area (Å²) >= 11 is 0. The van der Waals surface area contributed by atoms with Crippen LogP contribution in [0.15, 0.2) is 53.3 Å². The van der Waals surface area contributed by atoms with E-state index < -0.39 is 23.2 Å². The van der Waals surface area contributed by atoms with Gasteiger partial charge in [0.05, 0.1) is 17.5 Å². The fraction of sp³-hybridized carbons (Fsp3) is 0.346. The van der Waals surface area contributed by atoms with E-state index in [-0.39, 0.29) is 47.2 Å². The van der Waals surface area contributed by atoms with Crippen molar-refractivity contribution in [3.8, 4) is 11.3 Å². The Kier molecular flexibility index (Phi) is 6.29. The van der Waals surface area contributed by atoms with Crippen LogP contribution in [0.2, 0.25) is 0 Å². The summed E-state index contributed by atoms with van der Waals surface area (Å²) in [6.45, 7) is 0.842. The SMILES string of the molecule is O=C(OCC1C[C@H](c2ccc3cc(-c4ccccc4C(F)(F)F)[nH]c(=O)c3c2)C(=O)N1)[C@@H]1CCCN1. The molecule has 0 saturated carbocycles. The summed E-state index contributed by atoms with van der Waals surface area (Å²) in [5.41, 5.74) is -0.830. The Morgan fingerprint density at radius 2 is 1.89 bits per heavy atom. The van der Waals surface area contributed by atoms with Crippen molar-refractivity contribution in [2.45, 2.75) is 43.4 Å². The lowest BCUT2D eigenvalue weighted by Gasteiger charge is -2.14. The molecule has 188 valence electrons. The highest BCUT2D eigenvalue weighted by Crippen LogP contribution is 2.37. The van der Waals surface area contributed by atoms with Crippen LogP contribution < -0.4 is 16.2 Å². The van der Waals surface area contributed by atoms with Crippen LogP contribution in [0.3, 0.4) is 0 Å². The summed E-state index contributed by atoms with van der Waals surface area (Å²) in [5, 5.41) is 6.64. The minimum atomic E-state index is -4.57. The number of halogens is 3. The molecule has 2 aliphatic rings. The molecule has 2 aromatic carbocycles. The van der Waals surface area contributed by atoms with Gasteiger partial charge in [0.2, 0.25) is 5.91 Å².